The Kier molecular flexibility index (Phi) is 5.93. The van der Waals surface area contributed by atoms with Crippen LogP contribution in [0.15, 0.2) is 24.3 Å². The van der Waals surface area contributed by atoms with E-state index in [4.69, 9.17) is 9.97 Å². The third-order valence-corrected chi connectivity index (χ3v) is 6.44. The first kappa shape index (κ1) is 20.6. The summed E-state index contributed by atoms with van der Waals surface area (Å²) in [5.41, 5.74) is 4.00. The molecule has 0 atom stereocenters. The molecule has 6 nitrogen and oxygen atoms in total. The molecule has 1 fully saturated rings. The van der Waals surface area contributed by atoms with Crippen molar-refractivity contribution in [2.75, 3.05) is 36.5 Å². The van der Waals surface area contributed by atoms with E-state index in [-0.39, 0.29) is 5.91 Å². The van der Waals surface area contributed by atoms with Gasteiger partial charge in [0.25, 0.3) is 5.91 Å². The lowest BCUT2D eigenvalue weighted by Crippen LogP contribution is -2.40. The van der Waals surface area contributed by atoms with E-state index in [0.717, 1.165) is 53.7 Å². The number of hydrogen-bond acceptors (Lipinski definition) is 5. The molecule has 2 aliphatic heterocycles. The Morgan fingerprint density at radius 2 is 1.80 bits per heavy atom. The third kappa shape index (κ3) is 4.00. The van der Waals surface area contributed by atoms with Crippen molar-refractivity contribution in [1.82, 2.24) is 14.9 Å². The van der Waals surface area contributed by atoms with Gasteiger partial charge in [-0.15, -0.1) is 0 Å². The van der Waals surface area contributed by atoms with Crippen molar-refractivity contribution in [3.05, 3.63) is 46.6 Å². The standard InChI is InChI=1S/C24H33N5O/c1-17(2)27(4)22-20-16-29(23(30)19-11-7-6-10-18(19)3)15-12-21(20)25-24(26-22)28-13-8-5-9-14-28/h6-7,10-11,17H,5,8-9,12-16H2,1-4H3. The van der Waals surface area contributed by atoms with Crippen LogP contribution in [0, 0.1) is 6.92 Å². The highest BCUT2D eigenvalue weighted by Crippen LogP contribution is 2.31. The van der Waals surface area contributed by atoms with Crippen molar-refractivity contribution in [2.45, 2.75) is 59.0 Å². The van der Waals surface area contributed by atoms with Gasteiger partial charge in [0.05, 0.1) is 12.2 Å². The maximum atomic E-state index is 13.2. The quantitative estimate of drug-likeness (QED) is 0.771. The molecular weight excluding hydrogens is 374 g/mol. The molecule has 0 N–H and O–H groups in total. The van der Waals surface area contributed by atoms with Crippen LogP contribution in [-0.4, -0.2) is 53.5 Å². The first-order valence-corrected chi connectivity index (χ1v) is 11.2. The zero-order valence-electron chi connectivity index (χ0n) is 18.7. The van der Waals surface area contributed by atoms with E-state index >= 15 is 0 Å². The van der Waals surface area contributed by atoms with Gasteiger partial charge >= 0.3 is 0 Å². The number of benzene rings is 1. The molecule has 1 aromatic carbocycles. The second-order valence-corrected chi connectivity index (χ2v) is 8.82. The fourth-order valence-corrected chi connectivity index (χ4v) is 4.31. The van der Waals surface area contributed by atoms with E-state index in [9.17, 15) is 4.79 Å². The van der Waals surface area contributed by atoms with Gasteiger partial charge in [0.1, 0.15) is 5.82 Å². The SMILES string of the molecule is Cc1ccccc1C(=O)N1CCc2nc(N3CCCCC3)nc(N(C)C(C)C)c2C1. The number of aryl methyl sites for hydroxylation is 1. The highest BCUT2D eigenvalue weighted by molar-refractivity contribution is 5.95. The van der Waals surface area contributed by atoms with Crippen molar-refractivity contribution in [3.8, 4) is 0 Å². The van der Waals surface area contributed by atoms with Crippen LogP contribution in [-0.2, 0) is 13.0 Å². The van der Waals surface area contributed by atoms with Crippen LogP contribution in [0.2, 0.25) is 0 Å². The number of nitrogens with zero attached hydrogens (tertiary/aromatic N) is 5. The Morgan fingerprint density at radius 1 is 1.07 bits per heavy atom. The number of hydrogen-bond donors (Lipinski definition) is 0. The Balaban J connectivity index is 1.68. The second kappa shape index (κ2) is 8.62. The average molecular weight is 408 g/mol. The van der Waals surface area contributed by atoms with Gasteiger partial charge in [-0.2, -0.15) is 4.98 Å². The van der Waals surface area contributed by atoms with Crippen molar-refractivity contribution >= 4 is 17.7 Å². The van der Waals surface area contributed by atoms with Gasteiger partial charge in [-0.25, -0.2) is 4.98 Å². The average Bonchev–Trinajstić information content (AvgIpc) is 2.78. The Hall–Kier alpha value is -2.63. The maximum absolute atomic E-state index is 13.2. The number of rotatable bonds is 4. The molecule has 30 heavy (non-hydrogen) atoms. The largest absolute Gasteiger partial charge is 0.357 e. The van der Waals surface area contributed by atoms with Crippen LogP contribution >= 0.6 is 0 Å². The molecule has 2 aliphatic rings. The number of anilines is 2. The Morgan fingerprint density at radius 3 is 2.50 bits per heavy atom. The molecule has 1 aromatic heterocycles. The van der Waals surface area contributed by atoms with Gasteiger partial charge in [0, 0.05) is 50.3 Å². The summed E-state index contributed by atoms with van der Waals surface area (Å²) in [5, 5.41) is 0. The number of amides is 1. The molecule has 1 saturated heterocycles. The predicted octanol–water partition coefficient (Wildman–Crippen LogP) is 3.82. The normalized spacial score (nSPS) is 16.6. The first-order valence-electron chi connectivity index (χ1n) is 11.2. The molecule has 0 aliphatic carbocycles. The van der Waals surface area contributed by atoms with E-state index < -0.39 is 0 Å². The molecule has 2 aromatic rings. The van der Waals surface area contributed by atoms with Crippen LogP contribution < -0.4 is 9.80 Å². The van der Waals surface area contributed by atoms with Crippen LogP contribution in [0.3, 0.4) is 0 Å². The first-order chi connectivity index (χ1) is 14.5. The summed E-state index contributed by atoms with van der Waals surface area (Å²) in [7, 11) is 2.09. The van der Waals surface area contributed by atoms with Crippen molar-refractivity contribution in [1.29, 1.82) is 0 Å². The maximum Gasteiger partial charge on any atom is 0.254 e. The minimum absolute atomic E-state index is 0.0945. The summed E-state index contributed by atoms with van der Waals surface area (Å²) in [5.74, 6) is 1.92. The number of piperidine rings is 1. The summed E-state index contributed by atoms with van der Waals surface area (Å²) < 4.78 is 0. The molecule has 3 heterocycles. The molecule has 0 bridgehead atoms. The summed E-state index contributed by atoms with van der Waals surface area (Å²) >= 11 is 0. The van der Waals surface area contributed by atoms with Gasteiger partial charge in [-0.3, -0.25) is 4.79 Å². The van der Waals surface area contributed by atoms with E-state index in [1.165, 1.54) is 19.3 Å². The fourth-order valence-electron chi connectivity index (χ4n) is 4.31. The van der Waals surface area contributed by atoms with Crippen molar-refractivity contribution in [3.63, 3.8) is 0 Å². The van der Waals surface area contributed by atoms with Gasteiger partial charge < -0.3 is 14.7 Å². The second-order valence-electron chi connectivity index (χ2n) is 8.82. The van der Waals surface area contributed by atoms with Gasteiger partial charge in [0.2, 0.25) is 5.95 Å². The van der Waals surface area contributed by atoms with E-state index in [2.05, 4.69) is 30.7 Å². The smallest absolute Gasteiger partial charge is 0.254 e. The van der Waals surface area contributed by atoms with Gasteiger partial charge in [-0.1, -0.05) is 18.2 Å². The molecule has 0 spiro atoms. The summed E-state index contributed by atoms with van der Waals surface area (Å²) in [6, 6.07) is 8.15. The third-order valence-electron chi connectivity index (χ3n) is 6.44. The number of aromatic nitrogens is 2. The van der Waals surface area contributed by atoms with Gasteiger partial charge in [0.15, 0.2) is 0 Å². The molecule has 160 valence electrons. The fraction of sp³-hybridized carbons (Fsp3) is 0.542. The molecule has 1 amide bonds. The minimum atomic E-state index is 0.0945. The van der Waals surface area contributed by atoms with Crippen LogP contribution in [0.4, 0.5) is 11.8 Å². The molecule has 4 rings (SSSR count). The lowest BCUT2D eigenvalue weighted by atomic mass is 10.0. The molecule has 0 saturated carbocycles. The molecule has 0 unspecified atom stereocenters. The molecule has 6 heteroatoms. The lowest BCUT2D eigenvalue weighted by molar-refractivity contribution is 0.0733. The summed E-state index contributed by atoms with van der Waals surface area (Å²) in [6.07, 6.45) is 4.47. The van der Waals surface area contributed by atoms with E-state index in [1.807, 2.05) is 36.1 Å². The Bertz CT molecular complexity index is 920. The van der Waals surface area contributed by atoms with E-state index in [1.54, 1.807) is 0 Å². The van der Waals surface area contributed by atoms with E-state index in [0.29, 0.717) is 19.1 Å². The van der Waals surface area contributed by atoms with Crippen LogP contribution in [0.25, 0.3) is 0 Å². The van der Waals surface area contributed by atoms with Crippen LogP contribution in [0.1, 0.15) is 60.3 Å². The summed E-state index contributed by atoms with van der Waals surface area (Å²) in [6.45, 7) is 9.67. The lowest BCUT2D eigenvalue weighted by Gasteiger charge is -2.35. The topological polar surface area (TPSA) is 52.6 Å². The monoisotopic (exact) mass is 407 g/mol. The zero-order valence-corrected chi connectivity index (χ0v) is 18.7. The number of carbonyl (C=O) groups excluding carboxylic acids is 1. The van der Waals surface area contributed by atoms with Gasteiger partial charge in [-0.05, 0) is 51.7 Å². The molecular formula is C24H33N5O. The highest BCUT2D eigenvalue weighted by Gasteiger charge is 2.29. The number of fused-ring (bicyclic) bond motifs is 1. The zero-order chi connectivity index (χ0) is 21.3. The van der Waals surface area contributed by atoms with Crippen molar-refractivity contribution in [2.24, 2.45) is 0 Å². The van der Waals surface area contributed by atoms with Crippen LogP contribution in [0.5, 0.6) is 0 Å². The highest BCUT2D eigenvalue weighted by atomic mass is 16.2. The molecule has 0 radical (unpaired) electrons. The summed E-state index contributed by atoms with van der Waals surface area (Å²) in [4.78, 5) is 29.7. The van der Waals surface area contributed by atoms with Crippen molar-refractivity contribution < 1.29 is 4.79 Å². The Labute approximate surface area is 179 Å². The number of carbonyl (C=O) groups is 1. The minimum Gasteiger partial charge on any atom is -0.357 e. The predicted molar refractivity (Wildman–Crippen MR) is 121 cm³/mol.